The van der Waals surface area contributed by atoms with Crippen molar-refractivity contribution in [3.8, 4) is 11.4 Å². The molecule has 0 saturated heterocycles. The van der Waals surface area contributed by atoms with Crippen LogP contribution < -0.4 is 10.1 Å². The van der Waals surface area contributed by atoms with E-state index in [0.717, 1.165) is 11.3 Å². The molecule has 0 bridgehead atoms. The van der Waals surface area contributed by atoms with E-state index in [0.29, 0.717) is 17.1 Å². The molecule has 0 aliphatic rings. The Morgan fingerprint density at radius 3 is 2.48 bits per heavy atom. The number of carbonyl (C=O) groups is 1. The van der Waals surface area contributed by atoms with E-state index in [1.807, 2.05) is 60.3 Å². The lowest BCUT2D eigenvalue weighted by atomic mass is 10.1. The smallest absolute Gasteiger partial charge is 0.274 e. The van der Waals surface area contributed by atoms with Crippen molar-refractivity contribution in [2.75, 3.05) is 0 Å². The number of rotatable bonds is 7. The third kappa shape index (κ3) is 4.66. The Bertz CT molecular complexity index is 1150. The molecule has 0 aliphatic carbocycles. The third-order valence-electron chi connectivity index (χ3n) is 5.04. The minimum atomic E-state index is -0.350. The van der Waals surface area contributed by atoms with Crippen molar-refractivity contribution in [3.63, 3.8) is 0 Å². The minimum absolute atomic E-state index is 0.0870. The van der Waals surface area contributed by atoms with Crippen molar-refractivity contribution in [1.82, 2.24) is 15.0 Å². The van der Waals surface area contributed by atoms with Crippen LogP contribution in [0.15, 0.2) is 77.6 Å². The summed E-state index contributed by atoms with van der Waals surface area (Å²) in [5.41, 5.74) is 2.74. The van der Waals surface area contributed by atoms with Crippen molar-refractivity contribution in [2.45, 2.75) is 26.5 Å². The molecule has 6 nitrogen and oxygen atoms in total. The van der Waals surface area contributed by atoms with E-state index in [1.165, 1.54) is 24.3 Å². The van der Waals surface area contributed by atoms with Crippen molar-refractivity contribution in [2.24, 2.45) is 0 Å². The molecule has 0 saturated carbocycles. The molecule has 1 atom stereocenters. The van der Waals surface area contributed by atoms with Crippen molar-refractivity contribution >= 4 is 5.91 Å². The Hall–Kier alpha value is -3.87. The maximum Gasteiger partial charge on any atom is 0.274 e. The van der Waals surface area contributed by atoms with Gasteiger partial charge in [-0.3, -0.25) is 4.79 Å². The van der Waals surface area contributed by atoms with Crippen LogP contribution in [-0.4, -0.2) is 15.6 Å². The number of nitrogens with zero attached hydrogens (tertiary/aromatic N) is 2. The third-order valence-corrected chi connectivity index (χ3v) is 5.04. The predicted octanol–water partition coefficient (Wildman–Crippen LogP) is 4.98. The second kappa shape index (κ2) is 8.87. The lowest BCUT2D eigenvalue weighted by Crippen LogP contribution is -2.28. The number of hydrogen-bond acceptors (Lipinski definition) is 4. The van der Waals surface area contributed by atoms with Crippen LogP contribution in [0.2, 0.25) is 0 Å². The average Bonchev–Trinajstić information content (AvgIpc) is 3.44. The zero-order valence-corrected chi connectivity index (χ0v) is 17.2. The number of nitrogens with one attached hydrogen (secondary N) is 1. The average molecular weight is 419 g/mol. The summed E-state index contributed by atoms with van der Waals surface area (Å²) in [7, 11) is 0. The fourth-order valence-electron chi connectivity index (χ4n) is 3.22. The Morgan fingerprint density at radius 2 is 1.81 bits per heavy atom. The number of carbonyl (C=O) groups excluding carboxylic acids is 1. The summed E-state index contributed by atoms with van der Waals surface area (Å²) in [4.78, 5) is 12.8. The summed E-state index contributed by atoms with van der Waals surface area (Å²) in [5, 5.41) is 6.86. The molecule has 31 heavy (non-hydrogen) atoms. The Morgan fingerprint density at radius 1 is 1.13 bits per heavy atom. The van der Waals surface area contributed by atoms with Gasteiger partial charge in [-0.15, -0.1) is 0 Å². The molecule has 0 radical (unpaired) electrons. The summed E-state index contributed by atoms with van der Waals surface area (Å²) in [6.07, 6.45) is 3.95. The SMILES string of the molecule is Cc1onc(C(=O)NC(C)c2ccc(-n3cccc3)cc2)c1COc1ccc(F)cc1. The normalized spacial score (nSPS) is 11.8. The molecule has 2 aromatic carbocycles. The summed E-state index contributed by atoms with van der Waals surface area (Å²) in [5.74, 6) is 0.293. The van der Waals surface area contributed by atoms with E-state index >= 15 is 0 Å². The zero-order chi connectivity index (χ0) is 21.8. The van der Waals surface area contributed by atoms with Crippen molar-refractivity contribution < 1.29 is 18.4 Å². The van der Waals surface area contributed by atoms with Crippen molar-refractivity contribution in [3.05, 3.63) is 101 Å². The molecule has 4 aromatic rings. The first-order valence-corrected chi connectivity index (χ1v) is 9.89. The number of aromatic nitrogens is 2. The lowest BCUT2D eigenvalue weighted by Gasteiger charge is -2.15. The molecule has 0 fully saturated rings. The molecule has 1 unspecified atom stereocenters. The quantitative estimate of drug-likeness (QED) is 0.459. The fourth-order valence-corrected chi connectivity index (χ4v) is 3.22. The van der Waals surface area contributed by atoms with Gasteiger partial charge in [0.1, 0.15) is 23.9 Å². The topological polar surface area (TPSA) is 69.3 Å². The van der Waals surface area contributed by atoms with Gasteiger partial charge in [0.15, 0.2) is 5.69 Å². The molecule has 158 valence electrons. The molecule has 0 spiro atoms. The predicted molar refractivity (Wildman–Crippen MR) is 114 cm³/mol. The number of amides is 1. The maximum atomic E-state index is 13.1. The largest absolute Gasteiger partial charge is 0.489 e. The van der Waals surface area contributed by atoms with E-state index in [-0.39, 0.29) is 30.1 Å². The van der Waals surface area contributed by atoms with Gasteiger partial charge in [-0.25, -0.2) is 4.39 Å². The zero-order valence-electron chi connectivity index (χ0n) is 17.2. The minimum Gasteiger partial charge on any atom is -0.489 e. The number of hydrogen-bond donors (Lipinski definition) is 1. The molecule has 1 amide bonds. The van der Waals surface area contributed by atoms with E-state index in [4.69, 9.17) is 9.26 Å². The number of ether oxygens (including phenoxy) is 1. The van der Waals surface area contributed by atoms with Crippen LogP contribution in [0.25, 0.3) is 5.69 Å². The molecule has 1 N–H and O–H groups in total. The van der Waals surface area contributed by atoms with Gasteiger partial charge in [0.05, 0.1) is 11.6 Å². The second-order valence-electron chi connectivity index (χ2n) is 7.19. The lowest BCUT2D eigenvalue weighted by molar-refractivity contribution is 0.0928. The molecule has 2 heterocycles. The van der Waals surface area contributed by atoms with Crippen LogP contribution in [0, 0.1) is 12.7 Å². The highest BCUT2D eigenvalue weighted by molar-refractivity contribution is 5.94. The Labute approximate surface area is 179 Å². The van der Waals surface area contributed by atoms with Crippen LogP contribution in [0.4, 0.5) is 4.39 Å². The van der Waals surface area contributed by atoms with Crippen molar-refractivity contribution in [1.29, 1.82) is 0 Å². The van der Waals surface area contributed by atoms with Gasteiger partial charge in [0.2, 0.25) is 0 Å². The van der Waals surface area contributed by atoms with Gasteiger partial charge in [-0.05, 0) is 67.9 Å². The Balaban J connectivity index is 1.43. The van der Waals surface area contributed by atoms with Gasteiger partial charge >= 0.3 is 0 Å². The van der Waals surface area contributed by atoms with Gasteiger partial charge in [0, 0.05) is 18.1 Å². The standard InChI is InChI=1S/C24H22FN3O3/c1-16(18-5-9-20(10-6-18)28-13-3-4-14-28)26-24(29)23-22(17(2)31-27-23)15-30-21-11-7-19(25)8-12-21/h3-14,16H,15H2,1-2H3,(H,26,29). The van der Waals surface area contributed by atoms with Crippen LogP contribution in [0.5, 0.6) is 5.75 Å². The van der Waals surface area contributed by atoms with Crippen LogP contribution in [0.3, 0.4) is 0 Å². The van der Waals surface area contributed by atoms with Crippen LogP contribution >= 0.6 is 0 Å². The summed E-state index contributed by atoms with van der Waals surface area (Å²) in [6.45, 7) is 3.71. The summed E-state index contributed by atoms with van der Waals surface area (Å²) < 4.78 is 25.9. The monoisotopic (exact) mass is 419 g/mol. The number of halogens is 1. The van der Waals surface area contributed by atoms with Gasteiger partial charge < -0.3 is 19.1 Å². The molecule has 2 aromatic heterocycles. The highest BCUT2D eigenvalue weighted by Gasteiger charge is 2.22. The molecule has 7 heteroatoms. The molecule has 0 aliphatic heterocycles. The molecular formula is C24H22FN3O3. The number of benzene rings is 2. The number of aryl methyl sites for hydroxylation is 1. The van der Waals surface area contributed by atoms with Gasteiger partial charge in [-0.1, -0.05) is 17.3 Å². The Kier molecular flexibility index (Phi) is 5.84. The second-order valence-corrected chi connectivity index (χ2v) is 7.19. The first kappa shape index (κ1) is 20.4. The van der Waals surface area contributed by atoms with Crippen LogP contribution in [0.1, 0.15) is 40.3 Å². The summed E-state index contributed by atoms with van der Waals surface area (Å²) in [6, 6.07) is 17.3. The van der Waals surface area contributed by atoms with Crippen LogP contribution in [-0.2, 0) is 6.61 Å². The molecular weight excluding hydrogens is 397 g/mol. The van der Waals surface area contributed by atoms with E-state index < -0.39 is 0 Å². The highest BCUT2D eigenvalue weighted by Crippen LogP contribution is 2.20. The first-order valence-electron chi connectivity index (χ1n) is 9.89. The van der Waals surface area contributed by atoms with E-state index in [9.17, 15) is 9.18 Å². The maximum absolute atomic E-state index is 13.1. The molecule has 4 rings (SSSR count). The van der Waals surface area contributed by atoms with Gasteiger partial charge in [-0.2, -0.15) is 0 Å². The van der Waals surface area contributed by atoms with Gasteiger partial charge in [0.25, 0.3) is 5.91 Å². The van der Waals surface area contributed by atoms with E-state index in [2.05, 4.69) is 10.5 Å². The fraction of sp³-hybridized carbons (Fsp3) is 0.167. The highest BCUT2D eigenvalue weighted by atomic mass is 19.1. The van der Waals surface area contributed by atoms with E-state index in [1.54, 1.807) is 6.92 Å². The first-order chi connectivity index (χ1) is 15.0. The summed E-state index contributed by atoms with van der Waals surface area (Å²) >= 11 is 0.